The van der Waals surface area contributed by atoms with E-state index >= 15 is 0 Å². The molecule has 1 aromatic carbocycles. The minimum Gasteiger partial charge on any atom is -0.350 e. The Kier molecular flexibility index (Phi) is 7.90. The first-order valence-corrected chi connectivity index (χ1v) is 8.73. The monoisotopic (exact) mass is 367 g/mol. The van der Waals surface area contributed by atoms with E-state index in [1.165, 1.54) is 0 Å². The van der Waals surface area contributed by atoms with Crippen LogP contribution in [0.15, 0.2) is 24.3 Å². The molecule has 1 aliphatic heterocycles. The molecule has 1 aromatic rings. The van der Waals surface area contributed by atoms with Gasteiger partial charge in [0.25, 0.3) is 0 Å². The van der Waals surface area contributed by atoms with Gasteiger partial charge >= 0.3 is 0 Å². The number of carbonyl (C=O) groups excluding carboxylic acids is 2. The van der Waals surface area contributed by atoms with Crippen LogP contribution in [0.4, 0.5) is 5.69 Å². The molecule has 2 unspecified atom stereocenters. The number of halogens is 1. The quantitative estimate of drug-likeness (QED) is 0.692. The third-order valence-electron chi connectivity index (χ3n) is 4.58. The number of nitrogens with one attached hydrogen (secondary N) is 2. The minimum absolute atomic E-state index is 0. The summed E-state index contributed by atoms with van der Waals surface area (Å²) in [6.45, 7) is 6.62. The Balaban J connectivity index is 0.00000312. The van der Waals surface area contributed by atoms with Gasteiger partial charge in [0.05, 0.1) is 0 Å². The number of amides is 2. The molecule has 0 aromatic heterocycles. The molecule has 1 heterocycles. The van der Waals surface area contributed by atoms with Gasteiger partial charge in [-0.25, -0.2) is 0 Å². The summed E-state index contributed by atoms with van der Waals surface area (Å²) in [4.78, 5) is 24.5. The van der Waals surface area contributed by atoms with Crippen molar-refractivity contribution in [3.05, 3.63) is 29.8 Å². The van der Waals surface area contributed by atoms with Crippen molar-refractivity contribution in [2.24, 2.45) is 17.6 Å². The van der Waals surface area contributed by atoms with Gasteiger partial charge in [0, 0.05) is 30.1 Å². The summed E-state index contributed by atoms with van der Waals surface area (Å²) in [7, 11) is 0. The number of para-hydroxylation sites is 1. The molecule has 25 heavy (non-hydrogen) atoms. The number of rotatable bonds is 7. The molecule has 140 valence electrons. The van der Waals surface area contributed by atoms with Crippen LogP contribution in [-0.4, -0.2) is 23.9 Å². The second-order valence-electron chi connectivity index (χ2n) is 7.50. The zero-order chi connectivity index (χ0) is 17.7. The minimum atomic E-state index is -0.382. The molecule has 0 bridgehead atoms. The molecule has 0 aliphatic carbocycles. The van der Waals surface area contributed by atoms with Gasteiger partial charge in [-0.3, -0.25) is 9.59 Å². The molecular formula is C19H30ClN3O2. The van der Waals surface area contributed by atoms with Gasteiger partial charge in [-0.2, -0.15) is 0 Å². The lowest BCUT2D eigenvalue weighted by Crippen LogP contribution is -2.52. The van der Waals surface area contributed by atoms with Crippen LogP contribution in [0.1, 0.15) is 45.6 Å². The van der Waals surface area contributed by atoms with Gasteiger partial charge in [0.2, 0.25) is 11.8 Å². The summed E-state index contributed by atoms with van der Waals surface area (Å²) in [6, 6.07) is 7.82. The Bertz CT molecular complexity index is 606. The van der Waals surface area contributed by atoms with E-state index in [0.29, 0.717) is 31.7 Å². The smallest absolute Gasteiger partial charge is 0.227 e. The second-order valence-corrected chi connectivity index (χ2v) is 7.50. The van der Waals surface area contributed by atoms with E-state index in [2.05, 4.69) is 24.5 Å². The van der Waals surface area contributed by atoms with Gasteiger partial charge in [-0.05, 0) is 43.7 Å². The SMILES string of the molecule is CC(C)CC(C)(CN)NC(=O)CCC1Cc2ccccc2NC1=O.Cl. The molecule has 0 saturated heterocycles. The summed E-state index contributed by atoms with van der Waals surface area (Å²) >= 11 is 0. The predicted octanol–water partition coefficient (Wildman–Crippen LogP) is 2.88. The molecule has 6 heteroatoms. The Morgan fingerprint density at radius 2 is 2.08 bits per heavy atom. The van der Waals surface area contributed by atoms with E-state index in [9.17, 15) is 9.59 Å². The zero-order valence-electron chi connectivity index (χ0n) is 15.3. The van der Waals surface area contributed by atoms with E-state index in [0.717, 1.165) is 17.7 Å². The van der Waals surface area contributed by atoms with Gasteiger partial charge in [0.15, 0.2) is 0 Å². The normalized spacial score (nSPS) is 18.6. The van der Waals surface area contributed by atoms with E-state index < -0.39 is 0 Å². The molecule has 0 spiro atoms. The summed E-state index contributed by atoms with van der Waals surface area (Å²) in [5.74, 6) is 0.278. The first-order chi connectivity index (χ1) is 11.3. The third-order valence-corrected chi connectivity index (χ3v) is 4.58. The number of benzene rings is 1. The zero-order valence-corrected chi connectivity index (χ0v) is 16.1. The van der Waals surface area contributed by atoms with Crippen molar-refractivity contribution in [1.82, 2.24) is 5.32 Å². The predicted molar refractivity (Wildman–Crippen MR) is 104 cm³/mol. The summed E-state index contributed by atoms with van der Waals surface area (Å²) in [5.41, 5.74) is 7.48. The average Bonchev–Trinajstić information content (AvgIpc) is 2.52. The number of hydrogen-bond donors (Lipinski definition) is 3. The molecule has 2 rings (SSSR count). The molecule has 0 radical (unpaired) electrons. The standard InChI is InChI=1S/C19H29N3O2.ClH/c1-13(2)11-19(3,12-20)22-17(23)9-8-15-10-14-6-4-5-7-16(14)21-18(15)24;/h4-7,13,15H,8-12,20H2,1-3H3,(H,21,24)(H,22,23);1H. The largest absolute Gasteiger partial charge is 0.350 e. The van der Waals surface area contributed by atoms with Crippen molar-refractivity contribution < 1.29 is 9.59 Å². The molecule has 2 amide bonds. The first kappa shape index (κ1) is 21.5. The highest BCUT2D eigenvalue weighted by Crippen LogP contribution is 2.27. The van der Waals surface area contributed by atoms with Crippen molar-refractivity contribution in [2.75, 3.05) is 11.9 Å². The maximum absolute atomic E-state index is 12.3. The van der Waals surface area contributed by atoms with Crippen LogP contribution in [0.5, 0.6) is 0 Å². The van der Waals surface area contributed by atoms with Crippen molar-refractivity contribution in [3.63, 3.8) is 0 Å². The summed E-state index contributed by atoms with van der Waals surface area (Å²) in [5, 5.41) is 5.98. The lowest BCUT2D eigenvalue weighted by atomic mass is 9.88. The maximum atomic E-state index is 12.3. The highest BCUT2D eigenvalue weighted by Gasteiger charge is 2.29. The van der Waals surface area contributed by atoms with Crippen LogP contribution < -0.4 is 16.4 Å². The van der Waals surface area contributed by atoms with Crippen LogP contribution in [0.3, 0.4) is 0 Å². The lowest BCUT2D eigenvalue weighted by Gasteiger charge is -2.31. The van der Waals surface area contributed by atoms with Crippen LogP contribution >= 0.6 is 12.4 Å². The Morgan fingerprint density at radius 3 is 2.72 bits per heavy atom. The molecule has 1 aliphatic rings. The van der Waals surface area contributed by atoms with E-state index in [1.54, 1.807) is 0 Å². The van der Waals surface area contributed by atoms with Crippen molar-refractivity contribution >= 4 is 29.9 Å². The molecular weight excluding hydrogens is 338 g/mol. The van der Waals surface area contributed by atoms with Gasteiger partial charge in [0.1, 0.15) is 0 Å². The van der Waals surface area contributed by atoms with Gasteiger partial charge in [-0.1, -0.05) is 32.0 Å². The number of hydrogen-bond acceptors (Lipinski definition) is 3. The van der Waals surface area contributed by atoms with E-state index in [-0.39, 0.29) is 35.7 Å². The number of nitrogens with two attached hydrogens (primary N) is 1. The van der Waals surface area contributed by atoms with Crippen LogP contribution in [0.25, 0.3) is 0 Å². The van der Waals surface area contributed by atoms with Gasteiger partial charge < -0.3 is 16.4 Å². The highest BCUT2D eigenvalue weighted by atomic mass is 35.5. The topological polar surface area (TPSA) is 84.2 Å². The maximum Gasteiger partial charge on any atom is 0.227 e. The third kappa shape index (κ3) is 6.01. The Hall–Kier alpha value is -1.59. The number of anilines is 1. The Labute approximate surface area is 156 Å². The number of fused-ring (bicyclic) bond motifs is 1. The number of carbonyl (C=O) groups is 2. The fourth-order valence-electron chi connectivity index (χ4n) is 3.44. The van der Waals surface area contributed by atoms with Crippen LogP contribution in [0.2, 0.25) is 0 Å². The summed E-state index contributed by atoms with van der Waals surface area (Å²) in [6.07, 6.45) is 2.42. The highest BCUT2D eigenvalue weighted by molar-refractivity contribution is 5.96. The molecule has 0 fully saturated rings. The first-order valence-electron chi connectivity index (χ1n) is 8.73. The van der Waals surface area contributed by atoms with Crippen molar-refractivity contribution in [2.45, 2.75) is 52.0 Å². The fourth-order valence-corrected chi connectivity index (χ4v) is 3.44. The molecule has 2 atom stereocenters. The van der Waals surface area contributed by atoms with Crippen LogP contribution in [0, 0.1) is 11.8 Å². The average molecular weight is 368 g/mol. The molecule has 4 N–H and O–H groups in total. The second kappa shape index (κ2) is 9.20. The molecule has 5 nitrogen and oxygen atoms in total. The van der Waals surface area contributed by atoms with Crippen LogP contribution in [-0.2, 0) is 16.0 Å². The van der Waals surface area contributed by atoms with E-state index in [1.807, 2.05) is 31.2 Å². The fraction of sp³-hybridized carbons (Fsp3) is 0.579. The Morgan fingerprint density at radius 1 is 1.40 bits per heavy atom. The lowest BCUT2D eigenvalue weighted by molar-refractivity contribution is -0.124. The van der Waals surface area contributed by atoms with E-state index in [4.69, 9.17) is 5.73 Å². The van der Waals surface area contributed by atoms with Crippen molar-refractivity contribution in [1.29, 1.82) is 0 Å². The molecule has 0 saturated carbocycles. The van der Waals surface area contributed by atoms with Crippen molar-refractivity contribution in [3.8, 4) is 0 Å². The van der Waals surface area contributed by atoms with Gasteiger partial charge in [-0.15, -0.1) is 12.4 Å². The summed E-state index contributed by atoms with van der Waals surface area (Å²) < 4.78 is 0.